The molecule has 0 saturated carbocycles. The van der Waals surface area contributed by atoms with Gasteiger partial charge in [-0.15, -0.1) is 0 Å². The van der Waals surface area contributed by atoms with E-state index in [0.717, 1.165) is 9.87 Å². The topological polar surface area (TPSA) is 99.1 Å². The van der Waals surface area contributed by atoms with Gasteiger partial charge in [0.15, 0.2) is 0 Å². The second kappa shape index (κ2) is 10.9. The molecule has 0 atom stereocenters. The minimum atomic E-state index is -3.94. The average Bonchev–Trinajstić information content (AvgIpc) is 2.77. The summed E-state index contributed by atoms with van der Waals surface area (Å²) in [7, 11) is -3.94. The lowest BCUT2D eigenvalue weighted by molar-refractivity contribution is -0.121. The van der Waals surface area contributed by atoms with Gasteiger partial charge in [0, 0.05) is 11.6 Å². The maximum Gasteiger partial charge on any atom is 0.255 e. The SMILES string of the molecule is O=C(CN(CCc1ccccc1)S(=O)(=O)c1ccc(Cl)cc1)N/N=C\c1cccc(O)c1. The monoisotopic (exact) mass is 471 g/mol. The fourth-order valence-electron chi connectivity index (χ4n) is 2.92. The maximum absolute atomic E-state index is 13.2. The van der Waals surface area contributed by atoms with Crippen molar-refractivity contribution in [2.75, 3.05) is 13.1 Å². The van der Waals surface area contributed by atoms with E-state index in [-0.39, 0.29) is 17.2 Å². The van der Waals surface area contributed by atoms with E-state index in [9.17, 15) is 18.3 Å². The second-order valence-electron chi connectivity index (χ2n) is 6.92. The Kier molecular flexibility index (Phi) is 7.99. The standard InChI is InChI=1S/C23H22ClN3O4S/c24-20-9-11-22(12-10-20)32(30,31)27(14-13-18-5-2-1-3-6-18)17-23(29)26-25-16-19-7-4-8-21(28)15-19/h1-12,15-16,28H,13-14,17H2,(H,26,29)/b25-16-. The van der Waals surface area contributed by atoms with Gasteiger partial charge in [-0.05, 0) is 53.9 Å². The summed E-state index contributed by atoms with van der Waals surface area (Å²) in [5, 5.41) is 13.7. The van der Waals surface area contributed by atoms with E-state index in [2.05, 4.69) is 10.5 Å². The Labute approximate surface area is 192 Å². The number of amides is 1. The molecular formula is C23H22ClN3O4S. The van der Waals surface area contributed by atoms with Gasteiger partial charge in [0.25, 0.3) is 5.91 Å². The van der Waals surface area contributed by atoms with Gasteiger partial charge in [-0.1, -0.05) is 54.1 Å². The van der Waals surface area contributed by atoms with Crippen molar-refractivity contribution in [3.8, 4) is 5.75 Å². The minimum absolute atomic E-state index is 0.0472. The van der Waals surface area contributed by atoms with Crippen LogP contribution in [0.15, 0.2) is 88.9 Å². The highest BCUT2D eigenvalue weighted by Crippen LogP contribution is 2.19. The molecule has 0 aliphatic rings. The number of phenolic OH excluding ortho intramolecular Hbond substituents is 1. The number of halogens is 1. The molecule has 0 unspecified atom stereocenters. The number of hydrogen-bond donors (Lipinski definition) is 2. The van der Waals surface area contributed by atoms with E-state index in [1.54, 1.807) is 12.1 Å². The average molecular weight is 472 g/mol. The van der Waals surface area contributed by atoms with E-state index in [1.807, 2.05) is 30.3 Å². The van der Waals surface area contributed by atoms with E-state index >= 15 is 0 Å². The number of aromatic hydroxyl groups is 1. The number of nitrogens with one attached hydrogen (secondary N) is 1. The molecule has 0 saturated heterocycles. The molecule has 0 radical (unpaired) electrons. The summed E-state index contributed by atoms with van der Waals surface area (Å²) in [4.78, 5) is 12.5. The third-order valence-corrected chi connectivity index (χ3v) is 6.65. The summed E-state index contributed by atoms with van der Waals surface area (Å²) in [5.74, 6) is -0.520. The Morgan fingerprint density at radius 3 is 2.44 bits per heavy atom. The molecule has 3 aromatic rings. The number of nitrogens with zero attached hydrogens (tertiary/aromatic N) is 2. The van der Waals surface area contributed by atoms with Gasteiger partial charge in [-0.3, -0.25) is 4.79 Å². The fourth-order valence-corrected chi connectivity index (χ4v) is 4.44. The minimum Gasteiger partial charge on any atom is -0.508 e. The molecule has 0 aliphatic heterocycles. The van der Waals surface area contributed by atoms with Crippen LogP contribution in [-0.2, 0) is 21.2 Å². The number of benzene rings is 3. The lowest BCUT2D eigenvalue weighted by atomic mass is 10.1. The van der Waals surface area contributed by atoms with Gasteiger partial charge in [0.1, 0.15) is 5.75 Å². The van der Waals surface area contributed by atoms with E-state index in [1.165, 1.54) is 42.6 Å². The van der Waals surface area contributed by atoms with Crippen molar-refractivity contribution < 1.29 is 18.3 Å². The largest absolute Gasteiger partial charge is 0.508 e. The van der Waals surface area contributed by atoms with Gasteiger partial charge in [-0.25, -0.2) is 13.8 Å². The molecule has 3 aromatic carbocycles. The molecule has 1 amide bonds. The van der Waals surface area contributed by atoms with Crippen LogP contribution in [0.5, 0.6) is 5.75 Å². The Balaban J connectivity index is 1.73. The van der Waals surface area contributed by atoms with Crippen LogP contribution in [0.2, 0.25) is 5.02 Å². The summed E-state index contributed by atoms with van der Waals surface area (Å²) < 4.78 is 27.5. The predicted octanol–water partition coefficient (Wildman–Crippen LogP) is 3.43. The maximum atomic E-state index is 13.2. The van der Waals surface area contributed by atoms with E-state index < -0.39 is 22.5 Å². The van der Waals surface area contributed by atoms with Crippen molar-refractivity contribution in [2.24, 2.45) is 5.10 Å². The lowest BCUT2D eigenvalue weighted by Crippen LogP contribution is -2.40. The van der Waals surface area contributed by atoms with Crippen LogP contribution in [0, 0.1) is 0 Å². The van der Waals surface area contributed by atoms with Crippen LogP contribution in [-0.4, -0.2) is 43.0 Å². The lowest BCUT2D eigenvalue weighted by Gasteiger charge is -2.21. The zero-order valence-corrected chi connectivity index (χ0v) is 18.6. The summed E-state index contributed by atoms with van der Waals surface area (Å²) in [6, 6.07) is 21.5. The molecule has 0 heterocycles. The van der Waals surface area contributed by atoms with E-state index in [4.69, 9.17) is 11.6 Å². The molecule has 0 fully saturated rings. The summed E-state index contributed by atoms with van der Waals surface area (Å²) in [5.41, 5.74) is 3.87. The first kappa shape index (κ1) is 23.5. The summed E-state index contributed by atoms with van der Waals surface area (Å²) >= 11 is 5.88. The second-order valence-corrected chi connectivity index (χ2v) is 9.29. The van der Waals surface area contributed by atoms with Crippen molar-refractivity contribution in [3.05, 3.63) is 95.0 Å². The quantitative estimate of drug-likeness (QED) is 0.369. The van der Waals surface area contributed by atoms with Crippen LogP contribution < -0.4 is 5.43 Å². The molecule has 0 aromatic heterocycles. The van der Waals surface area contributed by atoms with Crippen LogP contribution in [0.25, 0.3) is 0 Å². The molecular weight excluding hydrogens is 450 g/mol. The Hall–Kier alpha value is -3.20. The molecule has 2 N–H and O–H groups in total. The van der Waals surface area contributed by atoms with Gasteiger partial charge in [0.2, 0.25) is 10.0 Å². The molecule has 32 heavy (non-hydrogen) atoms. The zero-order valence-electron chi connectivity index (χ0n) is 17.1. The molecule has 0 spiro atoms. The third kappa shape index (κ3) is 6.65. The highest BCUT2D eigenvalue weighted by atomic mass is 35.5. The molecule has 7 nitrogen and oxygen atoms in total. The summed E-state index contributed by atoms with van der Waals surface area (Å²) in [6.45, 7) is -0.298. The van der Waals surface area contributed by atoms with Gasteiger partial charge >= 0.3 is 0 Å². The van der Waals surface area contributed by atoms with Crippen molar-refractivity contribution in [1.82, 2.24) is 9.73 Å². The number of phenols is 1. The van der Waals surface area contributed by atoms with Crippen molar-refractivity contribution in [1.29, 1.82) is 0 Å². The predicted molar refractivity (Wildman–Crippen MR) is 124 cm³/mol. The number of carbonyl (C=O) groups is 1. The highest BCUT2D eigenvalue weighted by Gasteiger charge is 2.26. The summed E-state index contributed by atoms with van der Waals surface area (Å²) in [6.07, 6.45) is 1.80. The van der Waals surface area contributed by atoms with Gasteiger partial charge in [0.05, 0.1) is 17.7 Å². The van der Waals surface area contributed by atoms with Crippen molar-refractivity contribution in [2.45, 2.75) is 11.3 Å². The van der Waals surface area contributed by atoms with Crippen molar-refractivity contribution >= 4 is 33.7 Å². The molecule has 9 heteroatoms. The van der Waals surface area contributed by atoms with Crippen LogP contribution >= 0.6 is 11.6 Å². The molecule has 0 bridgehead atoms. The molecule has 166 valence electrons. The number of sulfonamides is 1. The molecule has 3 rings (SSSR count). The van der Waals surface area contributed by atoms with Crippen molar-refractivity contribution in [3.63, 3.8) is 0 Å². The zero-order chi connectivity index (χ0) is 23.0. The molecule has 0 aliphatic carbocycles. The van der Waals surface area contributed by atoms with Gasteiger partial charge < -0.3 is 5.11 Å². The van der Waals surface area contributed by atoms with Crippen LogP contribution in [0.4, 0.5) is 0 Å². The Bertz CT molecular complexity index is 1180. The number of hydrazone groups is 1. The van der Waals surface area contributed by atoms with Gasteiger partial charge in [-0.2, -0.15) is 9.41 Å². The number of rotatable bonds is 9. The first-order valence-electron chi connectivity index (χ1n) is 9.75. The number of carbonyl (C=O) groups excluding carboxylic acids is 1. The fraction of sp³-hybridized carbons (Fsp3) is 0.130. The smallest absolute Gasteiger partial charge is 0.255 e. The first-order chi connectivity index (χ1) is 15.3. The Morgan fingerprint density at radius 2 is 1.75 bits per heavy atom. The third-order valence-electron chi connectivity index (χ3n) is 4.54. The Morgan fingerprint density at radius 1 is 1.03 bits per heavy atom. The highest BCUT2D eigenvalue weighted by molar-refractivity contribution is 7.89. The number of hydrogen-bond acceptors (Lipinski definition) is 5. The van der Waals surface area contributed by atoms with Crippen LogP contribution in [0.1, 0.15) is 11.1 Å². The van der Waals surface area contributed by atoms with E-state index in [0.29, 0.717) is 17.0 Å². The normalized spacial score (nSPS) is 11.7. The van der Waals surface area contributed by atoms with Crippen LogP contribution in [0.3, 0.4) is 0 Å². The first-order valence-corrected chi connectivity index (χ1v) is 11.6.